The molecule has 116 valence electrons. The lowest BCUT2D eigenvalue weighted by Crippen LogP contribution is -2.49. The van der Waals surface area contributed by atoms with Crippen LogP contribution in [0.4, 0.5) is 4.39 Å². The highest BCUT2D eigenvalue weighted by Crippen LogP contribution is 2.29. The summed E-state index contributed by atoms with van der Waals surface area (Å²) in [6, 6.07) is 7.72. The van der Waals surface area contributed by atoms with Gasteiger partial charge < -0.3 is 10.2 Å². The third kappa shape index (κ3) is 3.83. The number of piperidine rings is 1. The van der Waals surface area contributed by atoms with Crippen molar-refractivity contribution < 1.29 is 4.39 Å². The number of likely N-dealkylation sites (N-methyl/N-ethyl adjacent to an activating group) is 1. The molecule has 1 N–H and O–H groups in total. The van der Waals surface area contributed by atoms with Gasteiger partial charge in [-0.15, -0.1) is 0 Å². The fourth-order valence-electron chi connectivity index (χ4n) is 3.63. The predicted molar refractivity (Wildman–Crippen MR) is 85.0 cm³/mol. The molecule has 1 aromatic carbocycles. The van der Waals surface area contributed by atoms with E-state index < -0.39 is 0 Å². The molecule has 1 saturated carbocycles. The molecule has 1 heterocycles. The topological polar surface area (TPSA) is 15.3 Å². The lowest BCUT2D eigenvalue weighted by atomic mass is 9.84. The second kappa shape index (κ2) is 6.89. The summed E-state index contributed by atoms with van der Waals surface area (Å²) in [5, 5.41) is 3.77. The Morgan fingerprint density at radius 2 is 2.14 bits per heavy atom. The fraction of sp³-hybridized carbons (Fsp3) is 0.667. The van der Waals surface area contributed by atoms with Crippen LogP contribution in [0.2, 0.25) is 0 Å². The number of nitrogens with zero attached hydrogens (tertiary/aromatic N) is 1. The summed E-state index contributed by atoms with van der Waals surface area (Å²) in [5.41, 5.74) is 1.16. The third-order valence-corrected chi connectivity index (χ3v) is 5.21. The van der Waals surface area contributed by atoms with E-state index in [0.717, 1.165) is 44.1 Å². The van der Waals surface area contributed by atoms with Crippen LogP contribution in [0, 0.1) is 11.7 Å². The monoisotopic (exact) mass is 290 g/mol. The summed E-state index contributed by atoms with van der Waals surface area (Å²) < 4.78 is 13.5. The molecule has 1 aliphatic carbocycles. The normalized spacial score (nSPS) is 27.5. The largest absolute Gasteiger partial charge is 0.312 e. The average molecular weight is 290 g/mol. The van der Waals surface area contributed by atoms with Crippen molar-refractivity contribution in [2.75, 3.05) is 26.2 Å². The van der Waals surface area contributed by atoms with Crippen LogP contribution < -0.4 is 5.32 Å². The van der Waals surface area contributed by atoms with Crippen molar-refractivity contribution in [3.8, 4) is 0 Å². The van der Waals surface area contributed by atoms with Crippen LogP contribution in [0.3, 0.4) is 0 Å². The van der Waals surface area contributed by atoms with Crippen LogP contribution in [0.1, 0.15) is 44.1 Å². The molecule has 0 aromatic heterocycles. The van der Waals surface area contributed by atoms with Crippen LogP contribution in [-0.2, 0) is 0 Å². The van der Waals surface area contributed by atoms with Gasteiger partial charge in [0.15, 0.2) is 0 Å². The molecule has 2 unspecified atom stereocenters. The Morgan fingerprint density at radius 3 is 2.81 bits per heavy atom. The molecule has 2 nitrogen and oxygen atoms in total. The van der Waals surface area contributed by atoms with E-state index in [2.05, 4.69) is 23.2 Å². The number of hydrogen-bond acceptors (Lipinski definition) is 2. The zero-order valence-corrected chi connectivity index (χ0v) is 13.0. The van der Waals surface area contributed by atoms with Crippen molar-refractivity contribution in [2.24, 2.45) is 5.92 Å². The lowest BCUT2D eigenvalue weighted by molar-refractivity contribution is 0.168. The minimum Gasteiger partial charge on any atom is -0.312 e. The van der Waals surface area contributed by atoms with Crippen LogP contribution in [0.25, 0.3) is 0 Å². The van der Waals surface area contributed by atoms with Gasteiger partial charge >= 0.3 is 0 Å². The molecular weight excluding hydrogens is 263 g/mol. The van der Waals surface area contributed by atoms with Gasteiger partial charge in [-0.25, -0.2) is 4.39 Å². The van der Waals surface area contributed by atoms with Crippen LogP contribution in [-0.4, -0.2) is 37.1 Å². The van der Waals surface area contributed by atoms with Gasteiger partial charge in [-0.3, -0.25) is 0 Å². The van der Waals surface area contributed by atoms with E-state index in [1.54, 1.807) is 6.07 Å². The zero-order valence-electron chi connectivity index (χ0n) is 13.0. The number of hydrogen-bond donors (Lipinski definition) is 1. The first-order chi connectivity index (χ1) is 10.2. The Bertz CT molecular complexity index is 458. The van der Waals surface area contributed by atoms with Gasteiger partial charge in [0, 0.05) is 19.1 Å². The van der Waals surface area contributed by atoms with Crippen LogP contribution >= 0.6 is 0 Å². The van der Waals surface area contributed by atoms with Crippen molar-refractivity contribution in [1.82, 2.24) is 10.2 Å². The van der Waals surface area contributed by atoms with E-state index in [0.29, 0.717) is 12.0 Å². The molecule has 0 radical (unpaired) electrons. The molecule has 0 spiro atoms. The summed E-state index contributed by atoms with van der Waals surface area (Å²) in [5.74, 6) is 1.24. The van der Waals surface area contributed by atoms with Gasteiger partial charge in [0.2, 0.25) is 0 Å². The molecule has 2 aliphatic rings. The van der Waals surface area contributed by atoms with Gasteiger partial charge in [-0.1, -0.05) is 25.5 Å². The molecule has 3 rings (SSSR count). The van der Waals surface area contributed by atoms with Gasteiger partial charge in [0.05, 0.1) is 0 Å². The van der Waals surface area contributed by atoms with Crippen molar-refractivity contribution >= 4 is 0 Å². The first kappa shape index (κ1) is 15.0. The van der Waals surface area contributed by atoms with Crippen molar-refractivity contribution in [1.29, 1.82) is 0 Å². The van der Waals surface area contributed by atoms with Crippen molar-refractivity contribution in [2.45, 2.75) is 44.6 Å². The first-order valence-corrected chi connectivity index (χ1v) is 8.45. The molecule has 1 saturated heterocycles. The van der Waals surface area contributed by atoms with E-state index in [1.807, 2.05) is 6.07 Å². The molecule has 0 amide bonds. The zero-order chi connectivity index (χ0) is 14.7. The second-order valence-corrected chi connectivity index (χ2v) is 6.74. The van der Waals surface area contributed by atoms with Gasteiger partial charge in [0.25, 0.3) is 0 Å². The van der Waals surface area contributed by atoms with Gasteiger partial charge in [-0.05, 0) is 61.9 Å². The minimum atomic E-state index is -0.111. The highest BCUT2D eigenvalue weighted by molar-refractivity contribution is 5.22. The smallest absolute Gasteiger partial charge is 0.123 e. The molecule has 1 aliphatic heterocycles. The SMILES string of the molecule is CCN1CC(NCC2CCC2)CC(c2cccc(F)c2)C1. The van der Waals surface area contributed by atoms with Gasteiger partial charge in [0.1, 0.15) is 5.82 Å². The van der Waals surface area contributed by atoms with E-state index in [1.165, 1.54) is 25.3 Å². The fourth-order valence-corrected chi connectivity index (χ4v) is 3.63. The van der Waals surface area contributed by atoms with Gasteiger partial charge in [-0.2, -0.15) is 0 Å². The number of nitrogens with one attached hydrogen (secondary N) is 1. The predicted octanol–water partition coefficient (Wildman–Crippen LogP) is 3.39. The van der Waals surface area contributed by atoms with Crippen LogP contribution in [0.5, 0.6) is 0 Å². The molecule has 21 heavy (non-hydrogen) atoms. The van der Waals surface area contributed by atoms with Crippen molar-refractivity contribution in [3.05, 3.63) is 35.6 Å². The molecule has 2 fully saturated rings. The standard InChI is InChI=1S/C18H27FN2/c1-2-21-12-16(15-7-4-8-17(19)9-15)10-18(13-21)20-11-14-5-3-6-14/h4,7-9,14,16,18,20H,2-3,5-6,10-13H2,1H3. The molecule has 1 aromatic rings. The van der Waals surface area contributed by atoms with E-state index >= 15 is 0 Å². The summed E-state index contributed by atoms with van der Waals surface area (Å²) in [6.07, 6.45) is 5.33. The lowest BCUT2D eigenvalue weighted by Gasteiger charge is -2.39. The number of halogens is 1. The van der Waals surface area contributed by atoms with E-state index in [4.69, 9.17) is 0 Å². The number of rotatable bonds is 5. The quantitative estimate of drug-likeness (QED) is 0.894. The molecule has 3 heteroatoms. The Labute approximate surface area is 127 Å². The average Bonchev–Trinajstić information content (AvgIpc) is 2.45. The molecule has 0 bridgehead atoms. The second-order valence-electron chi connectivity index (χ2n) is 6.74. The highest BCUT2D eigenvalue weighted by atomic mass is 19.1. The number of benzene rings is 1. The maximum Gasteiger partial charge on any atom is 0.123 e. The molecule has 2 atom stereocenters. The summed E-state index contributed by atoms with van der Waals surface area (Å²) in [4.78, 5) is 2.50. The van der Waals surface area contributed by atoms with Crippen LogP contribution in [0.15, 0.2) is 24.3 Å². The molecular formula is C18H27FN2. The summed E-state index contributed by atoms with van der Waals surface area (Å²) >= 11 is 0. The highest BCUT2D eigenvalue weighted by Gasteiger charge is 2.28. The Morgan fingerprint density at radius 1 is 1.29 bits per heavy atom. The van der Waals surface area contributed by atoms with E-state index in [-0.39, 0.29) is 5.82 Å². The minimum absolute atomic E-state index is 0.111. The maximum atomic E-state index is 13.5. The summed E-state index contributed by atoms with van der Waals surface area (Å²) in [6.45, 7) is 6.65. The summed E-state index contributed by atoms with van der Waals surface area (Å²) in [7, 11) is 0. The Balaban J connectivity index is 1.62. The Kier molecular flexibility index (Phi) is 4.91. The Hall–Kier alpha value is -0.930. The third-order valence-electron chi connectivity index (χ3n) is 5.21. The van der Waals surface area contributed by atoms with E-state index in [9.17, 15) is 4.39 Å². The number of likely N-dealkylation sites (tertiary alicyclic amines) is 1. The first-order valence-electron chi connectivity index (χ1n) is 8.45. The maximum absolute atomic E-state index is 13.5. The van der Waals surface area contributed by atoms with Crippen molar-refractivity contribution in [3.63, 3.8) is 0 Å².